The van der Waals surface area contributed by atoms with Crippen molar-refractivity contribution in [2.24, 2.45) is 0 Å². The Kier molecular flexibility index (Phi) is 3.85. The second-order valence-electron chi connectivity index (χ2n) is 5.20. The number of fused-ring (bicyclic) bond motifs is 1. The van der Waals surface area contributed by atoms with E-state index in [0.717, 1.165) is 22.4 Å². The molecule has 0 bridgehead atoms. The minimum Gasteiger partial charge on any atom is -0.496 e. The highest BCUT2D eigenvalue weighted by Crippen LogP contribution is 2.33. The standard InChI is InChI=1S/C19H17ClO/c1-13-11-16(9-10-18(13)21-2)19(20)17-8-7-14-5-3-4-6-15(14)12-17/h3-12,19H,1-2H3. The van der Waals surface area contributed by atoms with Crippen LogP contribution in [0.2, 0.25) is 0 Å². The zero-order valence-electron chi connectivity index (χ0n) is 12.1. The lowest BCUT2D eigenvalue weighted by Gasteiger charge is -2.13. The molecule has 3 aromatic rings. The summed E-state index contributed by atoms with van der Waals surface area (Å²) in [6.07, 6.45) is 0. The molecule has 1 nitrogen and oxygen atoms in total. The Morgan fingerprint density at radius 2 is 1.52 bits per heavy atom. The van der Waals surface area contributed by atoms with Crippen LogP contribution in [-0.2, 0) is 0 Å². The van der Waals surface area contributed by atoms with E-state index in [0.29, 0.717) is 0 Å². The lowest BCUT2D eigenvalue weighted by atomic mass is 9.99. The first-order valence-corrected chi connectivity index (χ1v) is 7.40. The van der Waals surface area contributed by atoms with Gasteiger partial charge < -0.3 is 4.74 Å². The topological polar surface area (TPSA) is 9.23 Å². The van der Waals surface area contributed by atoms with Gasteiger partial charge in [0.15, 0.2) is 0 Å². The molecule has 0 aliphatic heterocycles. The van der Waals surface area contributed by atoms with Crippen LogP contribution in [0.5, 0.6) is 5.75 Å². The van der Waals surface area contributed by atoms with Crippen LogP contribution >= 0.6 is 11.6 Å². The molecule has 2 heteroatoms. The molecule has 0 saturated carbocycles. The minimum absolute atomic E-state index is 0.154. The van der Waals surface area contributed by atoms with Crippen LogP contribution in [0.1, 0.15) is 22.1 Å². The number of aryl methyl sites for hydroxylation is 1. The lowest BCUT2D eigenvalue weighted by molar-refractivity contribution is 0.411. The largest absolute Gasteiger partial charge is 0.496 e. The van der Waals surface area contributed by atoms with Crippen molar-refractivity contribution in [3.63, 3.8) is 0 Å². The third-order valence-electron chi connectivity index (χ3n) is 3.78. The van der Waals surface area contributed by atoms with E-state index in [1.807, 2.05) is 31.2 Å². The first kappa shape index (κ1) is 14.0. The minimum atomic E-state index is -0.154. The number of alkyl halides is 1. The summed E-state index contributed by atoms with van der Waals surface area (Å²) in [7, 11) is 1.68. The van der Waals surface area contributed by atoms with Crippen LogP contribution in [0, 0.1) is 6.92 Å². The third kappa shape index (κ3) is 2.74. The normalized spacial score (nSPS) is 12.3. The van der Waals surface area contributed by atoms with Crippen molar-refractivity contribution in [1.82, 2.24) is 0 Å². The molecule has 1 atom stereocenters. The molecule has 0 amide bonds. The lowest BCUT2D eigenvalue weighted by Crippen LogP contribution is -1.95. The van der Waals surface area contributed by atoms with Crippen molar-refractivity contribution >= 4 is 22.4 Å². The fourth-order valence-corrected chi connectivity index (χ4v) is 2.89. The van der Waals surface area contributed by atoms with Crippen LogP contribution in [0.25, 0.3) is 10.8 Å². The van der Waals surface area contributed by atoms with Crippen LogP contribution in [0.3, 0.4) is 0 Å². The SMILES string of the molecule is COc1ccc(C(Cl)c2ccc3ccccc3c2)cc1C. The van der Waals surface area contributed by atoms with E-state index in [4.69, 9.17) is 16.3 Å². The van der Waals surface area contributed by atoms with Crippen molar-refractivity contribution in [2.75, 3.05) is 7.11 Å². The molecule has 106 valence electrons. The Labute approximate surface area is 130 Å². The summed E-state index contributed by atoms with van der Waals surface area (Å²) in [6.45, 7) is 2.03. The highest BCUT2D eigenvalue weighted by atomic mass is 35.5. The van der Waals surface area contributed by atoms with Crippen molar-refractivity contribution < 1.29 is 4.74 Å². The second kappa shape index (κ2) is 5.79. The Hall–Kier alpha value is -1.99. The molecular formula is C19H17ClO. The predicted molar refractivity (Wildman–Crippen MR) is 89.4 cm³/mol. The summed E-state index contributed by atoms with van der Waals surface area (Å²) in [5.41, 5.74) is 3.30. The van der Waals surface area contributed by atoms with Crippen LogP contribution in [0.15, 0.2) is 60.7 Å². The molecule has 0 N–H and O–H groups in total. The highest BCUT2D eigenvalue weighted by molar-refractivity contribution is 6.22. The van der Waals surface area contributed by atoms with Gasteiger partial charge in [0.05, 0.1) is 12.5 Å². The molecule has 0 radical (unpaired) electrons. The van der Waals surface area contributed by atoms with E-state index in [2.05, 4.69) is 36.4 Å². The number of ether oxygens (including phenoxy) is 1. The van der Waals surface area contributed by atoms with Crippen LogP contribution in [0.4, 0.5) is 0 Å². The number of halogens is 1. The predicted octanol–water partition coefficient (Wildman–Crippen LogP) is 5.49. The molecule has 0 fully saturated rings. The molecule has 0 aliphatic carbocycles. The Bertz CT molecular complexity index is 779. The molecule has 0 spiro atoms. The zero-order chi connectivity index (χ0) is 14.8. The van der Waals surface area contributed by atoms with E-state index in [1.54, 1.807) is 7.11 Å². The van der Waals surface area contributed by atoms with Gasteiger partial charge >= 0.3 is 0 Å². The first-order valence-electron chi connectivity index (χ1n) is 6.96. The van der Waals surface area contributed by atoms with Gasteiger partial charge in [0.25, 0.3) is 0 Å². The molecule has 0 saturated heterocycles. The third-order valence-corrected chi connectivity index (χ3v) is 4.28. The summed E-state index contributed by atoms with van der Waals surface area (Å²) in [6, 6.07) is 20.8. The van der Waals surface area contributed by atoms with Gasteiger partial charge in [0.1, 0.15) is 5.75 Å². The smallest absolute Gasteiger partial charge is 0.121 e. The van der Waals surface area contributed by atoms with Gasteiger partial charge in [0, 0.05) is 0 Å². The second-order valence-corrected chi connectivity index (χ2v) is 5.63. The zero-order valence-corrected chi connectivity index (χ0v) is 12.9. The molecule has 0 aromatic heterocycles. The number of rotatable bonds is 3. The molecule has 0 aliphatic rings. The maximum Gasteiger partial charge on any atom is 0.121 e. The van der Waals surface area contributed by atoms with Gasteiger partial charge in [-0.1, -0.05) is 48.5 Å². The molecule has 1 unspecified atom stereocenters. The van der Waals surface area contributed by atoms with Crippen molar-refractivity contribution in [3.8, 4) is 5.75 Å². The number of hydrogen-bond acceptors (Lipinski definition) is 1. The van der Waals surface area contributed by atoms with Gasteiger partial charge in [-0.15, -0.1) is 11.6 Å². The monoisotopic (exact) mass is 296 g/mol. The molecular weight excluding hydrogens is 280 g/mol. The van der Waals surface area contributed by atoms with Crippen LogP contribution in [-0.4, -0.2) is 7.11 Å². The van der Waals surface area contributed by atoms with Crippen molar-refractivity contribution in [2.45, 2.75) is 12.3 Å². The first-order chi connectivity index (χ1) is 10.2. The molecule has 21 heavy (non-hydrogen) atoms. The van der Waals surface area contributed by atoms with E-state index in [9.17, 15) is 0 Å². The average molecular weight is 297 g/mol. The highest BCUT2D eigenvalue weighted by Gasteiger charge is 2.12. The van der Waals surface area contributed by atoms with E-state index >= 15 is 0 Å². The van der Waals surface area contributed by atoms with Crippen molar-refractivity contribution in [3.05, 3.63) is 77.4 Å². The Morgan fingerprint density at radius 1 is 0.857 bits per heavy atom. The van der Waals surface area contributed by atoms with E-state index < -0.39 is 0 Å². The quantitative estimate of drug-likeness (QED) is 0.581. The van der Waals surface area contributed by atoms with Gasteiger partial charge in [-0.05, 0) is 46.5 Å². The fraction of sp³-hybridized carbons (Fsp3) is 0.158. The number of benzene rings is 3. The Balaban J connectivity index is 1.99. The van der Waals surface area contributed by atoms with E-state index in [-0.39, 0.29) is 5.38 Å². The number of hydrogen-bond donors (Lipinski definition) is 0. The van der Waals surface area contributed by atoms with Crippen molar-refractivity contribution in [1.29, 1.82) is 0 Å². The van der Waals surface area contributed by atoms with E-state index in [1.165, 1.54) is 10.8 Å². The Morgan fingerprint density at radius 3 is 2.24 bits per heavy atom. The summed E-state index contributed by atoms with van der Waals surface area (Å²) in [4.78, 5) is 0. The van der Waals surface area contributed by atoms with Gasteiger partial charge in [0.2, 0.25) is 0 Å². The summed E-state index contributed by atoms with van der Waals surface area (Å²) in [5, 5.41) is 2.29. The maximum atomic E-state index is 6.66. The van der Waals surface area contributed by atoms with Gasteiger partial charge in [-0.25, -0.2) is 0 Å². The molecule has 0 heterocycles. The maximum absolute atomic E-state index is 6.66. The average Bonchev–Trinajstić information content (AvgIpc) is 2.53. The molecule has 3 rings (SSSR count). The van der Waals surface area contributed by atoms with Gasteiger partial charge in [-0.2, -0.15) is 0 Å². The summed E-state index contributed by atoms with van der Waals surface area (Å²) >= 11 is 6.66. The van der Waals surface area contributed by atoms with Crippen LogP contribution < -0.4 is 4.74 Å². The van der Waals surface area contributed by atoms with Gasteiger partial charge in [-0.3, -0.25) is 0 Å². The summed E-state index contributed by atoms with van der Waals surface area (Å²) in [5.74, 6) is 0.890. The fourth-order valence-electron chi connectivity index (χ4n) is 2.62. The summed E-state index contributed by atoms with van der Waals surface area (Å²) < 4.78 is 5.30. The molecule has 3 aromatic carbocycles. The number of methoxy groups -OCH3 is 1.